The number of aromatic hydroxyl groups is 1. The second kappa shape index (κ2) is 5.99. The lowest BCUT2D eigenvalue weighted by atomic mass is 10.1. The van der Waals surface area contributed by atoms with Crippen LogP contribution in [-0.4, -0.2) is 33.4 Å². The molecule has 0 aromatic heterocycles. The highest BCUT2D eigenvalue weighted by molar-refractivity contribution is 5.98. The van der Waals surface area contributed by atoms with Crippen LogP contribution < -0.4 is 0 Å². The molecule has 0 saturated heterocycles. The number of phenols is 1. The van der Waals surface area contributed by atoms with Crippen LogP contribution in [0.3, 0.4) is 0 Å². The van der Waals surface area contributed by atoms with Crippen molar-refractivity contribution in [3.63, 3.8) is 0 Å². The van der Waals surface area contributed by atoms with Crippen LogP contribution in [-0.2, 0) is 0 Å². The molecule has 0 bridgehead atoms. The van der Waals surface area contributed by atoms with E-state index in [-0.39, 0.29) is 29.6 Å². The van der Waals surface area contributed by atoms with E-state index in [1.807, 2.05) is 0 Å². The van der Waals surface area contributed by atoms with Crippen molar-refractivity contribution in [2.45, 2.75) is 19.9 Å². The van der Waals surface area contributed by atoms with Crippen LogP contribution in [0.4, 0.5) is 5.69 Å². The van der Waals surface area contributed by atoms with E-state index in [0.717, 1.165) is 12.1 Å². The van der Waals surface area contributed by atoms with Crippen molar-refractivity contribution in [1.29, 1.82) is 0 Å². The van der Waals surface area contributed by atoms with Gasteiger partial charge in [0.05, 0.1) is 4.92 Å². The number of carbonyl (C=O) groups excluding carboxylic acids is 1. The molecule has 0 radical (unpaired) electrons. The summed E-state index contributed by atoms with van der Waals surface area (Å²) >= 11 is 0. The van der Waals surface area contributed by atoms with Gasteiger partial charge in [-0.1, -0.05) is 6.08 Å². The third-order valence-corrected chi connectivity index (χ3v) is 2.62. The Labute approximate surface area is 111 Å². The second-order valence-corrected chi connectivity index (χ2v) is 4.30. The second-order valence-electron chi connectivity index (χ2n) is 4.30. The molecular formula is C13H16N2O4. The number of hydrogen-bond acceptors (Lipinski definition) is 4. The Morgan fingerprint density at radius 3 is 2.68 bits per heavy atom. The standard InChI is InChI=1S/C13H16N2O4/c1-4-7-14(9(2)3)13(17)11-8-10(16)5-6-12(11)15(18)19/h4-6,8-9,16H,1,7H2,2-3H3. The van der Waals surface area contributed by atoms with Crippen LogP contribution in [0.15, 0.2) is 30.9 Å². The number of benzene rings is 1. The number of nitro groups is 1. The lowest BCUT2D eigenvalue weighted by Crippen LogP contribution is -2.37. The number of nitro benzene ring substituents is 1. The summed E-state index contributed by atoms with van der Waals surface area (Å²) in [6, 6.07) is 3.28. The maximum absolute atomic E-state index is 12.3. The first kappa shape index (κ1) is 14.7. The molecule has 1 amide bonds. The molecule has 0 aliphatic heterocycles. The van der Waals surface area contributed by atoms with Gasteiger partial charge in [-0.05, 0) is 26.0 Å². The quantitative estimate of drug-likeness (QED) is 0.502. The largest absolute Gasteiger partial charge is 0.508 e. The van der Waals surface area contributed by atoms with E-state index in [9.17, 15) is 20.0 Å². The van der Waals surface area contributed by atoms with Crippen LogP contribution in [0, 0.1) is 10.1 Å². The average molecular weight is 264 g/mol. The fourth-order valence-corrected chi connectivity index (χ4v) is 1.68. The van der Waals surface area contributed by atoms with Crippen molar-refractivity contribution in [2.75, 3.05) is 6.54 Å². The van der Waals surface area contributed by atoms with E-state index >= 15 is 0 Å². The molecule has 6 nitrogen and oxygen atoms in total. The van der Waals surface area contributed by atoms with Gasteiger partial charge in [0.25, 0.3) is 11.6 Å². The molecule has 6 heteroatoms. The number of carbonyl (C=O) groups is 1. The van der Waals surface area contributed by atoms with Gasteiger partial charge in [0.1, 0.15) is 11.3 Å². The van der Waals surface area contributed by atoms with Crippen LogP contribution in [0.1, 0.15) is 24.2 Å². The summed E-state index contributed by atoms with van der Waals surface area (Å²) in [5.74, 6) is -0.686. The molecule has 0 fully saturated rings. The lowest BCUT2D eigenvalue weighted by molar-refractivity contribution is -0.385. The van der Waals surface area contributed by atoms with Crippen LogP contribution in [0.2, 0.25) is 0 Å². The molecule has 102 valence electrons. The summed E-state index contributed by atoms with van der Waals surface area (Å²) in [4.78, 5) is 24.0. The van der Waals surface area contributed by atoms with E-state index < -0.39 is 10.8 Å². The Morgan fingerprint density at radius 1 is 1.58 bits per heavy atom. The molecule has 0 saturated carbocycles. The van der Waals surface area contributed by atoms with Crippen LogP contribution in [0.25, 0.3) is 0 Å². The predicted octanol–water partition coefficient (Wildman–Crippen LogP) is 2.34. The van der Waals surface area contributed by atoms with Crippen molar-refractivity contribution < 1.29 is 14.8 Å². The predicted molar refractivity (Wildman–Crippen MR) is 71.1 cm³/mol. The zero-order valence-corrected chi connectivity index (χ0v) is 10.9. The Hall–Kier alpha value is -2.37. The maximum Gasteiger partial charge on any atom is 0.282 e. The fraction of sp³-hybridized carbons (Fsp3) is 0.308. The molecule has 0 unspecified atom stereocenters. The molecule has 0 aliphatic carbocycles. The molecule has 0 spiro atoms. The van der Waals surface area contributed by atoms with Gasteiger partial charge < -0.3 is 10.0 Å². The summed E-state index contributed by atoms with van der Waals surface area (Å²) < 4.78 is 0. The average Bonchev–Trinajstić information content (AvgIpc) is 2.34. The molecule has 1 N–H and O–H groups in total. The van der Waals surface area contributed by atoms with Crippen molar-refractivity contribution in [3.05, 3.63) is 46.5 Å². The first-order valence-corrected chi connectivity index (χ1v) is 5.77. The number of hydrogen-bond donors (Lipinski definition) is 1. The van der Waals surface area contributed by atoms with Gasteiger partial charge in [0, 0.05) is 18.7 Å². The van der Waals surface area contributed by atoms with Gasteiger partial charge >= 0.3 is 0 Å². The van der Waals surface area contributed by atoms with Gasteiger partial charge in [0.15, 0.2) is 0 Å². The van der Waals surface area contributed by atoms with E-state index in [0.29, 0.717) is 0 Å². The van der Waals surface area contributed by atoms with E-state index in [2.05, 4.69) is 6.58 Å². The molecule has 1 aromatic rings. The third kappa shape index (κ3) is 3.31. The first-order chi connectivity index (χ1) is 8.88. The minimum atomic E-state index is -0.640. The number of rotatable bonds is 5. The Morgan fingerprint density at radius 2 is 2.21 bits per heavy atom. The van der Waals surface area contributed by atoms with Crippen molar-refractivity contribution >= 4 is 11.6 Å². The summed E-state index contributed by atoms with van der Waals surface area (Å²) in [5.41, 5.74) is -0.446. The normalized spacial score (nSPS) is 10.3. The molecular weight excluding hydrogens is 248 g/mol. The Balaban J connectivity index is 3.26. The van der Waals surface area contributed by atoms with Crippen molar-refractivity contribution in [1.82, 2.24) is 4.90 Å². The maximum atomic E-state index is 12.3. The Bertz CT molecular complexity index is 511. The first-order valence-electron chi connectivity index (χ1n) is 5.77. The van der Waals surface area contributed by atoms with Crippen LogP contribution in [0.5, 0.6) is 5.75 Å². The molecule has 0 heterocycles. The number of nitrogens with zero attached hydrogens (tertiary/aromatic N) is 2. The monoisotopic (exact) mass is 264 g/mol. The molecule has 0 atom stereocenters. The van der Waals surface area contributed by atoms with Crippen molar-refractivity contribution in [3.8, 4) is 5.75 Å². The van der Waals surface area contributed by atoms with Crippen molar-refractivity contribution in [2.24, 2.45) is 0 Å². The number of phenolic OH excluding ortho intramolecular Hbond substituents is 1. The highest BCUT2D eigenvalue weighted by Gasteiger charge is 2.26. The molecule has 19 heavy (non-hydrogen) atoms. The highest BCUT2D eigenvalue weighted by atomic mass is 16.6. The zero-order chi connectivity index (χ0) is 14.6. The van der Waals surface area contributed by atoms with E-state index in [1.165, 1.54) is 11.0 Å². The zero-order valence-electron chi connectivity index (χ0n) is 10.9. The van der Waals surface area contributed by atoms with E-state index in [4.69, 9.17) is 0 Å². The molecule has 1 rings (SSSR count). The minimum Gasteiger partial charge on any atom is -0.508 e. The third-order valence-electron chi connectivity index (χ3n) is 2.62. The van der Waals surface area contributed by atoms with Gasteiger partial charge in [0.2, 0.25) is 0 Å². The topological polar surface area (TPSA) is 83.7 Å². The summed E-state index contributed by atoms with van der Waals surface area (Å²) in [5, 5.41) is 20.3. The SMILES string of the molecule is C=CCN(C(=O)c1cc(O)ccc1[N+](=O)[O-])C(C)C. The van der Waals surface area contributed by atoms with Crippen LogP contribution >= 0.6 is 0 Å². The summed E-state index contributed by atoms with van der Waals surface area (Å²) in [6.45, 7) is 7.44. The van der Waals surface area contributed by atoms with Gasteiger partial charge in [-0.15, -0.1) is 6.58 Å². The fourth-order valence-electron chi connectivity index (χ4n) is 1.68. The minimum absolute atomic E-state index is 0.124. The Kier molecular flexibility index (Phi) is 4.63. The number of amides is 1. The van der Waals surface area contributed by atoms with E-state index in [1.54, 1.807) is 19.9 Å². The summed E-state index contributed by atoms with van der Waals surface area (Å²) in [7, 11) is 0. The van der Waals surface area contributed by atoms with Gasteiger partial charge in [-0.3, -0.25) is 14.9 Å². The van der Waals surface area contributed by atoms with Gasteiger partial charge in [-0.25, -0.2) is 0 Å². The smallest absolute Gasteiger partial charge is 0.282 e. The molecule has 1 aromatic carbocycles. The summed E-state index contributed by atoms with van der Waals surface area (Å²) in [6.07, 6.45) is 1.55. The lowest BCUT2D eigenvalue weighted by Gasteiger charge is -2.25. The molecule has 0 aliphatic rings. The van der Waals surface area contributed by atoms with Gasteiger partial charge in [-0.2, -0.15) is 0 Å². The highest BCUT2D eigenvalue weighted by Crippen LogP contribution is 2.25.